The van der Waals surface area contributed by atoms with Gasteiger partial charge in [0, 0.05) is 42.3 Å². The Morgan fingerprint density at radius 2 is 1.74 bits per heavy atom. The maximum absolute atomic E-state index is 13.2. The number of aliphatic carboxylic acids is 1. The van der Waals surface area contributed by atoms with Gasteiger partial charge in [0.2, 0.25) is 0 Å². The Labute approximate surface area is 228 Å². The van der Waals surface area contributed by atoms with Gasteiger partial charge in [0.1, 0.15) is 0 Å². The van der Waals surface area contributed by atoms with Gasteiger partial charge >= 0.3 is 5.97 Å². The summed E-state index contributed by atoms with van der Waals surface area (Å²) >= 11 is 6.18. The van der Waals surface area contributed by atoms with Gasteiger partial charge in [-0.2, -0.15) is 0 Å². The van der Waals surface area contributed by atoms with E-state index in [1.165, 1.54) is 5.56 Å². The van der Waals surface area contributed by atoms with Crippen LogP contribution in [0, 0.1) is 0 Å². The van der Waals surface area contributed by atoms with Crippen molar-refractivity contribution in [3.05, 3.63) is 94.0 Å². The van der Waals surface area contributed by atoms with Crippen LogP contribution >= 0.6 is 11.6 Å². The SMILES string of the molecule is CN(C)CCN(C)Cc1ccc(NC(=C2C(=O)Nc3cc(Cl)ccc32)c2cccc(CCC(=O)O)c2)cc1. The van der Waals surface area contributed by atoms with Crippen LogP contribution in [0.2, 0.25) is 5.02 Å². The van der Waals surface area contributed by atoms with Crippen molar-refractivity contribution >= 4 is 46.1 Å². The molecule has 0 saturated carbocycles. The van der Waals surface area contributed by atoms with Gasteiger partial charge in [-0.15, -0.1) is 0 Å². The molecule has 0 fully saturated rings. The molecule has 1 heterocycles. The summed E-state index contributed by atoms with van der Waals surface area (Å²) in [5.74, 6) is -1.07. The highest BCUT2D eigenvalue weighted by Crippen LogP contribution is 2.39. The Hall–Kier alpha value is -3.65. The number of nitrogens with zero attached hydrogens (tertiary/aromatic N) is 2. The highest BCUT2D eigenvalue weighted by atomic mass is 35.5. The second-order valence-electron chi connectivity index (χ2n) is 9.85. The fourth-order valence-electron chi connectivity index (χ4n) is 4.41. The molecule has 3 aromatic rings. The quantitative estimate of drug-likeness (QED) is 0.291. The van der Waals surface area contributed by atoms with Crippen LogP contribution in [0.3, 0.4) is 0 Å². The Bertz CT molecular complexity index is 1350. The molecular weight excluding hydrogens is 500 g/mol. The summed E-state index contributed by atoms with van der Waals surface area (Å²) in [5, 5.41) is 16.1. The smallest absolute Gasteiger partial charge is 0.303 e. The van der Waals surface area contributed by atoms with Gasteiger partial charge in [-0.25, -0.2) is 0 Å². The van der Waals surface area contributed by atoms with Gasteiger partial charge in [0.05, 0.1) is 17.0 Å². The number of likely N-dealkylation sites (N-methyl/N-ethyl adjacent to an activating group) is 2. The van der Waals surface area contributed by atoms with Crippen LogP contribution in [0.4, 0.5) is 11.4 Å². The third kappa shape index (κ3) is 7.01. The third-order valence-corrected chi connectivity index (χ3v) is 6.66. The molecule has 3 N–H and O–H groups in total. The summed E-state index contributed by atoms with van der Waals surface area (Å²) in [5.41, 5.74) is 6.31. The fraction of sp³-hybridized carbons (Fsp3) is 0.267. The van der Waals surface area contributed by atoms with E-state index in [1.807, 2.05) is 42.5 Å². The molecule has 0 aliphatic carbocycles. The van der Waals surface area contributed by atoms with Crippen molar-refractivity contribution in [1.82, 2.24) is 9.80 Å². The van der Waals surface area contributed by atoms with Gasteiger partial charge in [0.25, 0.3) is 5.91 Å². The van der Waals surface area contributed by atoms with Crippen molar-refractivity contribution in [2.24, 2.45) is 0 Å². The summed E-state index contributed by atoms with van der Waals surface area (Å²) in [6.45, 7) is 2.80. The van der Waals surface area contributed by atoms with E-state index < -0.39 is 5.97 Å². The number of benzene rings is 3. The molecule has 0 atom stereocenters. The van der Waals surface area contributed by atoms with E-state index in [0.29, 0.717) is 28.4 Å². The molecule has 4 rings (SSSR count). The number of rotatable bonds is 11. The minimum atomic E-state index is -0.847. The van der Waals surface area contributed by atoms with Crippen LogP contribution in [0.25, 0.3) is 11.3 Å². The first-order chi connectivity index (χ1) is 18.2. The van der Waals surface area contributed by atoms with Crippen molar-refractivity contribution in [2.75, 3.05) is 44.9 Å². The Morgan fingerprint density at radius 3 is 2.45 bits per heavy atom. The van der Waals surface area contributed by atoms with Crippen LogP contribution < -0.4 is 10.6 Å². The third-order valence-electron chi connectivity index (χ3n) is 6.42. The molecule has 7 nitrogen and oxygen atoms in total. The lowest BCUT2D eigenvalue weighted by Gasteiger charge is -2.20. The number of hydrogen-bond donors (Lipinski definition) is 3. The number of anilines is 2. The average Bonchev–Trinajstić information content (AvgIpc) is 3.20. The maximum atomic E-state index is 13.2. The highest BCUT2D eigenvalue weighted by molar-refractivity contribution is 6.38. The van der Waals surface area contributed by atoms with Crippen LogP contribution in [0.5, 0.6) is 0 Å². The number of fused-ring (bicyclic) bond motifs is 1. The van der Waals surface area contributed by atoms with E-state index in [4.69, 9.17) is 16.7 Å². The lowest BCUT2D eigenvalue weighted by molar-refractivity contribution is -0.137. The van der Waals surface area contributed by atoms with Gasteiger partial charge < -0.3 is 25.5 Å². The summed E-state index contributed by atoms with van der Waals surface area (Å²) in [6, 6.07) is 21.2. The first kappa shape index (κ1) is 27.4. The summed E-state index contributed by atoms with van der Waals surface area (Å²) in [4.78, 5) is 28.8. The first-order valence-corrected chi connectivity index (χ1v) is 12.9. The minimum Gasteiger partial charge on any atom is -0.481 e. The van der Waals surface area contributed by atoms with Crippen molar-refractivity contribution in [3.8, 4) is 0 Å². The number of carbonyl (C=O) groups excluding carboxylic acids is 1. The van der Waals surface area contributed by atoms with Gasteiger partial charge in [-0.1, -0.05) is 48.0 Å². The van der Waals surface area contributed by atoms with Crippen LogP contribution in [0.15, 0.2) is 66.7 Å². The van der Waals surface area contributed by atoms with Crippen molar-refractivity contribution in [2.45, 2.75) is 19.4 Å². The van der Waals surface area contributed by atoms with Crippen molar-refractivity contribution in [3.63, 3.8) is 0 Å². The molecule has 1 aliphatic heterocycles. The van der Waals surface area contributed by atoms with Crippen LogP contribution in [-0.4, -0.2) is 61.0 Å². The monoisotopic (exact) mass is 532 g/mol. The van der Waals surface area contributed by atoms with Gasteiger partial charge in [0.15, 0.2) is 0 Å². The number of aryl methyl sites for hydroxylation is 1. The predicted octanol–water partition coefficient (Wildman–Crippen LogP) is 5.28. The Kier molecular flexibility index (Phi) is 8.84. The zero-order chi connectivity index (χ0) is 27.2. The summed E-state index contributed by atoms with van der Waals surface area (Å²) in [6.07, 6.45) is 0.440. The standard InChI is InChI=1S/C30H33ClN4O3/c1-34(2)15-16-35(3)19-21-7-11-24(12-8-21)32-29(22-6-4-5-20(17-22)9-14-27(36)37)28-25-13-10-23(31)18-26(25)33-30(28)38/h4-8,10-13,17-18,32H,9,14-16,19H2,1-3H3,(H,33,38)(H,36,37). The van der Waals surface area contributed by atoms with E-state index in [2.05, 4.69) is 53.7 Å². The number of nitrogens with one attached hydrogen (secondary N) is 2. The first-order valence-electron chi connectivity index (χ1n) is 12.6. The molecular formula is C30H33ClN4O3. The number of carbonyl (C=O) groups is 2. The number of carboxylic acid groups (broad SMARTS) is 1. The predicted molar refractivity (Wildman–Crippen MR) is 154 cm³/mol. The van der Waals surface area contributed by atoms with Gasteiger partial charge in [-0.3, -0.25) is 9.59 Å². The lowest BCUT2D eigenvalue weighted by atomic mass is 9.97. The lowest BCUT2D eigenvalue weighted by Crippen LogP contribution is -2.28. The molecule has 0 aromatic heterocycles. The largest absolute Gasteiger partial charge is 0.481 e. The number of amides is 1. The van der Waals surface area contributed by atoms with Crippen molar-refractivity contribution < 1.29 is 14.7 Å². The molecule has 0 unspecified atom stereocenters. The number of halogens is 1. The molecule has 8 heteroatoms. The van der Waals surface area contributed by atoms with Gasteiger partial charge in [-0.05, 0) is 74.6 Å². The van der Waals surface area contributed by atoms with Crippen LogP contribution in [0.1, 0.15) is 28.7 Å². The molecule has 0 radical (unpaired) electrons. The molecule has 38 heavy (non-hydrogen) atoms. The van der Waals surface area contributed by atoms with E-state index in [-0.39, 0.29) is 12.3 Å². The zero-order valence-electron chi connectivity index (χ0n) is 21.9. The molecule has 0 saturated heterocycles. The van der Waals surface area contributed by atoms with E-state index >= 15 is 0 Å². The second kappa shape index (κ2) is 12.3. The van der Waals surface area contributed by atoms with E-state index in [0.717, 1.165) is 42.0 Å². The van der Waals surface area contributed by atoms with Crippen molar-refractivity contribution in [1.29, 1.82) is 0 Å². The number of hydrogen-bond acceptors (Lipinski definition) is 5. The number of carboxylic acids is 1. The topological polar surface area (TPSA) is 84.9 Å². The van der Waals surface area contributed by atoms with E-state index in [9.17, 15) is 9.59 Å². The second-order valence-corrected chi connectivity index (χ2v) is 10.3. The normalized spacial score (nSPS) is 14.0. The highest BCUT2D eigenvalue weighted by Gasteiger charge is 2.28. The molecule has 1 amide bonds. The maximum Gasteiger partial charge on any atom is 0.303 e. The van der Waals surface area contributed by atoms with Crippen LogP contribution in [-0.2, 0) is 22.6 Å². The average molecular weight is 533 g/mol. The van der Waals surface area contributed by atoms with E-state index in [1.54, 1.807) is 12.1 Å². The summed E-state index contributed by atoms with van der Waals surface area (Å²) in [7, 11) is 6.25. The zero-order valence-corrected chi connectivity index (χ0v) is 22.7. The minimum absolute atomic E-state index is 0.0368. The molecule has 0 spiro atoms. The molecule has 3 aromatic carbocycles. The molecule has 0 bridgehead atoms. The molecule has 198 valence electrons. The Morgan fingerprint density at radius 1 is 0.974 bits per heavy atom. The fourth-order valence-corrected chi connectivity index (χ4v) is 4.58. The summed E-state index contributed by atoms with van der Waals surface area (Å²) < 4.78 is 0. The Balaban J connectivity index is 1.67. The molecule has 1 aliphatic rings.